The summed E-state index contributed by atoms with van der Waals surface area (Å²) < 4.78 is 13.5. The molecule has 1 N–H and O–H groups in total. The Labute approximate surface area is 118 Å². The van der Waals surface area contributed by atoms with Crippen LogP contribution in [0.3, 0.4) is 0 Å². The van der Waals surface area contributed by atoms with Crippen molar-refractivity contribution >= 4 is 11.6 Å². The van der Waals surface area contributed by atoms with E-state index in [1.54, 1.807) is 6.07 Å². The van der Waals surface area contributed by atoms with Gasteiger partial charge in [0, 0.05) is 12.6 Å². The Bertz CT molecular complexity index is 635. The Morgan fingerprint density at radius 3 is 2.55 bits per heavy atom. The topological polar surface area (TPSA) is 29.1 Å². The van der Waals surface area contributed by atoms with Crippen molar-refractivity contribution in [3.8, 4) is 11.1 Å². The first-order valence-electron chi connectivity index (χ1n) is 6.65. The molecule has 0 aromatic heterocycles. The zero-order chi connectivity index (χ0) is 14.7. The number of carbonyl (C=O) groups is 1. The maximum atomic E-state index is 13.5. The van der Waals surface area contributed by atoms with Gasteiger partial charge >= 0.3 is 0 Å². The second kappa shape index (κ2) is 5.87. The molecule has 0 aliphatic rings. The maximum absolute atomic E-state index is 13.5. The van der Waals surface area contributed by atoms with Crippen LogP contribution >= 0.6 is 0 Å². The highest BCUT2D eigenvalue weighted by molar-refractivity contribution is 5.89. The van der Waals surface area contributed by atoms with Gasteiger partial charge in [-0.3, -0.25) is 4.79 Å². The molecule has 20 heavy (non-hydrogen) atoms. The molecule has 0 radical (unpaired) electrons. The van der Waals surface area contributed by atoms with E-state index in [1.807, 2.05) is 30.3 Å². The number of hydrogen-bond donors (Lipinski definition) is 1. The van der Waals surface area contributed by atoms with E-state index >= 15 is 0 Å². The third-order valence-corrected chi connectivity index (χ3v) is 3.13. The number of amides is 1. The fraction of sp³-hybridized carbons (Fsp3) is 0.235. The van der Waals surface area contributed by atoms with E-state index in [2.05, 4.69) is 19.2 Å². The van der Waals surface area contributed by atoms with Crippen LogP contribution in [0.15, 0.2) is 42.5 Å². The summed E-state index contributed by atoms with van der Waals surface area (Å²) in [7, 11) is 0. The molecule has 2 rings (SSSR count). The zero-order valence-corrected chi connectivity index (χ0v) is 11.9. The van der Waals surface area contributed by atoms with Crippen molar-refractivity contribution < 1.29 is 9.18 Å². The Hall–Kier alpha value is -2.16. The average molecular weight is 271 g/mol. The molecule has 1 amide bonds. The summed E-state index contributed by atoms with van der Waals surface area (Å²) in [6.45, 7) is 5.62. The lowest BCUT2D eigenvalue weighted by Crippen LogP contribution is -2.05. The smallest absolute Gasteiger partial charge is 0.221 e. The molecule has 2 nitrogen and oxygen atoms in total. The van der Waals surface area contributed by atoms with E-state index in [0.717, 1.165) is 16.7 Å². The lowest BCUT2D eigenvalue weighted by Gasteiger charge is -2.14. The summed E-state index contributed by atoms with van der Waals surface area (Å²) in [5.41, 5.74) is 3.58. The summed E-state index contributed by atoms with van der Waals surface area (Å²) in [6, 6.07) is 12.3. The zero-order valence-electron chi connectivity index (χ0n) is 11.9. The monoisotopic (exact) mass is 271 g/mol. The molecule has 0 fully saturated rings. The van der Waals surface area contributed by atoms with Gasteiger partial charge in [0.05, 0.1) is 0 Å². The molecule has 3 heteroatoms. The van der Waals surface area contributed by atoms with Gasteiger partial charge in [-0.15, -0.1) is 0 Å². The molecule has 0 saturated heterocycles. The highest BCUT2D eigenvalue weighted by atomic mass is 19.1. The minimum Gasteiger partial charge on any atom is -0.326 e. The van der Waals surface area contributed by atoms with Crippen LogP contribution in [0.5, 0.6) is 0 Å². The second-order valence-corrected chi connectivity index (χ2v) is 5.15. The van der Waals surface area contributed by atoms with Gasteiger partial charge in [-0.25, -0.2) is 4.39 Å². The minimum absolute atomic E-state index is 0.120. The molecule has 0 heterocycles. The Morgan fingerprint density at radius 2 is 1.90 bits per heavy atom. The fourth-order valence-electron chi connectivity index (χ4n) is 2.25. The first-order chi connectivity index (χ1) is 9.47. The highest BCUT2D eigenvalue weighted by Crippen LogP contribution is 2.31. The number of anilines is 1. The van der Waals surface area contributed by atoms with Gasteiger partial charge in [0.15, 0.2) is 0 Å². The minimum atomic E-state index is -0.255. The second-order valence-electron chi connectivity index (χ2n) is 5.15. The molecule has 0 bridgehead atoms. The van der Waals surface area contributed by atoms with Gasteiger partial charge in [-0.1, -0.05) is 32.0 Å². The Balaban J connectivity index is 2.50. The van der Waals surface area contributed by atoms with Crippen molar-refractivity contribution in [2.75, 3.05) is 5.32 Å². The van der Waals surface area contributed by atoms with E-state index in [9.17, 15) is 9.18 Å². The third-order valence-electron chi connectivity index (χ3n) is 3.13. The van der Waals surface area contributed by atoms with Crippen LogP contribution < -0.4 is 5.32 Å². The van der Waals surface area contributed by atoms with Crippen molar-refractivity contribution in [1.29, 1.82) is 0 Å². The van der Waals surface area contributed by atoms with Gasteiger partial charge in [0.25, 0.3) is 0 Å². The molecule has 0 aliphatic heterocycles. The molecule has 0 spiro atoms. The van der Waals surface area contributed by atoms with Crippen LogP contribution in [0.1, 0.15) is 32.3 Å². The molecular formula is C17H18FNO. The van der Waals surface area contributed by atoms with Gasteiger partial charge in [-0.05, 0) is 46.9 Å². The van der Waals surface area contributed by atoms with Crippen LogP contribution in [-0.2, 0) is 4.79 Å². The summed E-state index contributed by atoms with van der Waals surface area (Å²) in [6.07, 6.45) is 0. The van der Waals surface area contributed by atoms with E-state index in [4.69, 9.17) is 0 Å². The quantitative estimate of drug-likeness (QED) is 0.870. The van der Waals surface area contributed by atoms with Gasteiger partial charge < -0.3 is 5.32 Å². The van der Waals surface area contributed by atoms with Crippen molar-refractivity contribution in [3.63, 3.8) is 0 Å². The van der Waals surface area contributed by atoms with Crippen molar-refractivity contribution in [2.45, 2.75) is 26.7 Å². The summed E-state index contributed by atoms with van der Waals surface area (Å²) >= 11 is 0. The van der Waals surface area contributed by atoms with Crippen LogP contribution in [-0.4, -0.2) is 5.91 Å². The number of hydrogen-bond acceptors (Lipinski definition) is 1. The molecule has 104 valence electrons. The molecule has 2 aromatic rings. The van der Waals surface area contributed by atoms with Crippen LogP contribution in [0.2, 0.25) is 0 Å². The number of benzene rings is 2. The molecule has 0 unspecified atom stereocenters. The standard InChI is InChI=1S/C17H18FNO/c1-11(2)16-8-7-14(18)10-17(16)13-5-4-6-15(9-13)19-12(3)20/h4-11H,1-3H3,(H,19,20). The summed E-state index contributed by atoms with van der Waals surface area (Å²) in [5.74, 6) is -0.0742. The number of nitrogens with one attached hydrogen (secondary N) is 1. The number of halogens is 1. The first-order valence-corrected chi connectivity index (χ1v) is 6.65. The molecule has 0 atom stereocenters. The van der Waals surface area contributed by atoms with Crippen molar-refractivity contribution in [1.82, 2.24) is 0 Å². The largest absolute Gasteiger partial charge is 0.326 e. The van der Waals surface area contributed by atoms with Crippen molar-refractivity contribution in [2.24, 2.45) is 0 Å². The lowest BCUT2D eigenvalue weighted by molar-refractivity contribution is -0.114. The normalized spacial score (nSPS) is 10.7. The molecule has 2 aromatic carbocycles. The number of rotatable bonds is 3. The predicted molar refractivity (Wildman–Crippen MR) is 80.2 cm³/mol. The lowest BCUT2D eigenvalue weighted by atomic mass is 9.92. The van der Waals surface area contributed by atoms with Crippen molar-refractivity contribution in [3.05, 3.63) is 53.8 Å². The molecular weight excluding hydrogens is 253 g/mol. The Morgan fingerprint density at radius 1 is 1.15 bits per heavy atom. The van der Waals surface area contributed by atoms with E-state index in [0.29, 0.717) is 11.6 Å². The predicted octanol–water partition coefficient (Wildman–Crippen LogP) is 4.57. The van der Waals surface area contributed by atoms with Gasteiger partial charge in [-0.2, -0.15) is 0 Å². The SMILES string of the molecule is CC(=O)Nc1cccc(-c2cc(F)ccc2C(C)C)c1. The highest BCUT2D eigenvalue weighted by Gasteiger charge is 2.10. The first kappa shape index (κ1) is 14.3. The van der Waals surface area contributed by atoms with E-state index < -0.39 is 0 Å². The fourth-order valence-corrected chi connectivity index (χ4v) is 2.25. The summed E-state index contributed by atoms with van der Waals surface area (Å²) in [4.78, 5) is 11.1. The van der Waals surface area contributed by atoms with E-state index in [1.165, 1.54) is 13.0 Å². The molecule has 0 saturated carbocycles. The maximum Gasteiger partial charge on any atom is 0.221 e. The summed E-state index contributed by atoms with van der Waals surface area (Å²) in [5, 5.41) is 2.75. The van der Waals surface area contributed by atoms with Crippen LogP contribution in [0, 0.1) is 5.82 Å². The average Bonchev–Trinajstić information content (AvgIpc) is 2.37. The van der Waals surface area contributed by atoms with Crippen LogP contribution in [0.4, 0.5) is 10.1 Å². The molecule has 0 aliphatic carbocycles. The van der Waals surface area contributed by atoms with Gasteiger partial charge in [0.2, 0.25) is 5.91 Å². The van der Waals surface area contributed by atoms with E-state index in [-0.39, 0.29) is 11.7 Å². The number of carbonyl (C=O) groups excluding carboxylic acids is 1. The van der Waals surface area contributed by atoms with Crippen LogP contribution in [0.25, 0.3) is 11.1 Å². The Kier molecular flexibility index (Phi) is 4.18. The van der Waals surface area contributed by atoms with Gasteiger partial charge in [0.1, 0.15) is 5.82 Å². The third kappa shape index (κ3) is 3.23.